The van der Waals surface area contributed by atoms with Crippen LogP contribution in [0.3, 0.4) is 0 Å². The summed E-state index contributed by atoms with van der Waals surface area (Å²) in [5.41, 5.74) is 7.35. The predicted octanol–water partition coefficient (Wildman–Crippen LogP) is 3.25. The molecule has 0 aliphatic carbocycles. The number of halogens is 2. The summed E-state index contributed by atoms with van der Waals surface area (Å²) in [6, 6.07) is 18.3. The lowest BCUT2D eigenvalue weighted by Gasteiger charge is -2.15. The molecule has 1 heterocycles. The molecule has 2 aromatic carbocycles. The molecule has 138 valence electrons. The Morgan fingerprint density at radius 1 is 1.08 bits per heavy atom. The van der Waals surface area contributed by atoms with Gasteiger partial charge in [-0.05, 0) is 35.9 Å². The van der Waals surface area contributed by atoms with Crippen LogP contribution in [0.5, 0.6) is 5.75 Å². The molecule has 1 amide bonds. The van der Waals surface area contributed by atoms with Gasteiger partial charge in [-0.1, -0.05) is 30.3 Å². The van der Waals surface area contributed by atoms with E-state index in [0.29, 0.717) is 11.4 Å². The summed E-state index contributed by atoms with van der Waals surface area (Å²) in [6.45, 7) is 0.246. The topological polar surface area (TPSA) is 82.2 Å². The highest BCUT2D eigenvalue weighted by molar-refractivity contribution is 5.96. The highest BCUT2D eigenvalue weighted by Gasteiger charge is 2.18. The number of benzene rings is 2. The van der Waals surface area contributed by atoms with Gasteiger partial charge in [-0.3, -0.25) is 4.79 Å². The normalized spacial score (nSPS) is 10.8. The Morgan fingerprint density at radius 2 is 1.77 bits per heavy atom. The maximum absolute atomic E-state index is 12.4. The molecule has 0 radical (unpaired) electrons. The van der Waals surface area contributed by atoms with Crippen LogP contribution in [-0.4, -0.2) is 22.4 Å². The Bertz CT molecular complexity index is 781. The van der Waals surface area contributed by atoms with Crippen LogP contribution < -0.4 is 15.9 Å². The molecule has 8 heteroatoms. The van der Waals surface area contributed by atoms with E-state index in [1.54, 1.807) is 42.7 Å². The monoisotopic (exact) mass is 394 g/mol. The second-order valence-corrected chi connectivity index (χ2v) is 5.21. The van der Waals surface area contributed by atoms with E-state index in [9.17, 15) is 4.79 Å². The van der Waals surface area contributed by atoms with Gasteiger partial charge in [-0.2, -0.15) is 0 Å². The molecular formula is C18H20Cl2N4O2. The summed E-state index contributed by atoms with van der Waals surface area (Å²) >= 11 is 0. The van der Waals surface area contributed by atoms with Crippen LogP contribution in [0.4, 0.5) is 5.69 Å². The zero-order valence-electron chi connectivity index (χ0n) is 13.8. The first-order chi connectivity index (χ1) is 11.8. The van der Waals surface area contributed by atoms with Gasteiger partial charge in [-0.15, -0.1) is 34.8 Å². The summed E-state index contributed by atoms with van der Waals surface area (Å²) in [4.78, 5) is 19.3. The van der Waals surface area contributed by atoms with Crippen molar-refractivity contribution in [2.75, 3.05) is 11.9 Å². The van der Waals surface area contributed by atoms with E-state index in [1.807, 2.05) is 30.3 Å². The maximum atomic E-state index is 12.4. The minimum absolute atomic E-state index is 0. The van der Waals surface area contributed by atoms with E-state index >= 15 is 0 Å². The summed E-state index contributed by atoms with van der Waals surface area (Å²) < 4.78 is 0. The van der Waals surface area contributed by atoms with Crippen molar-refractivity contribution in [2.24, 2.45) is 5.73 Å². The quantitative estimate of drug-likeness (QED) is 0.671. The third kappa shape index (κ3) is 5.49. The van der Waals surface area contributed by atoms with Gasteiger partial charge >= 0.3 is 0 Å². The van der Waals surface area contributed by atoms with Gasteiger partial charge in [0.25, 0.3) is 0 Å². The van der Waals surface area contributed by atoms with E-state index in [-0.39, 0.29) is 43.2 Å². The molecule has 0 fully saturated rings. The molecular weight excluding hydrogens is 375 g/mol. The number of aromatic nitrogens is 2. The first kappa shape index (κ1) is 21.5. The smallest absolute Gasteiger partial charge is 0.233 e. The number of carbonyl (C=O) groups excluding carboxylic acids is 1. The van der Waals surface area contributed by atoms with Crippen molar-refractivity contribution >= 4 is 36.4 Å². The Balaban J connectivity index is 0.00000169. The number of anilines is 1. The molecule has 6 nitrogen and oxygen atoms in total. The third-order valence-electron chi connectivity index (χ3n) is 3.56. The van der Waals surface area contributed by atoms with E-state index < -0.39 is 0 Å². The zero-order valence-corrected chi connectivity index (χ0v) is 15.5. The second-order valence-electron chi connectivity index (χ2n) is 5.21. The number of nitrogens with one attached hydrogen (secondary N) is 1. The van der Waals surface area contributed by atoms with E-state index in [0.717, 1.165) is 5.56 Å². The number of carbonyl (C=O) groups is 1. The van der Waals surface area contributed by atoms with Crippen LogP contribution in [-0.2, 0) is 4.79 Å². The van der Waals surface area contributed by atoms with Crippen molar-refractivity contribution in [2.45, 2.75) is 5.92 Å². The minimum Gasteiger partial charge on any atom is -0.358 e. The summed E-state index contributed by atoms with van der Waals surface area (Å²) in [5.74, 6) is 0.103. The predicted molar refractivity (Wildman–Crippen MR) is 106 cm³/mol. The van der Waals surface area contributed by atoms with Crippen molar-refractivity contribution < 1.29 is 9.63 Å². The fraction of sp³-hybridized carbons (Fsp3) is 0.111. The molecule has 3 rings (SSSR count). The molecule has 3 aromatic rings. The highest BCUT2D eigenvalue weighted by atomic mass is 35.5. The number of nitrogens with zero attached hydrogens (tertiary/aromatic N) is 2. The van der Waals surface area contributed by atoms with Crippen LogP contribution in [0.25, 0.3) is 0 Å². The Hall–Kier alpha value is -2.54. The van der Waals surface area contributed by atoms with Gasteiger partial charge in [0.1, 0.15) is 0 Å². The molecule has 1 atom stereocenters. The van der Waals surface area contributed by atoms with Crippen molar-refractivity contribution in [1.29, 1.82) is 0 Å². The van der Waals surface area contributed by atoms with Gasteiger partial charge < -0.3 is 15.9 Å². The standard InChI is InChI=1S/C18H18N4O2.2ClH/c19-13-17(14-5-2-1-3-6-14)18(23)21-15-7-9-16(10-8-15)24-22-12-4-11-20-22;;/h1-12,17H,13,19H2,(H,21,23);2*1H. The van der Waals surface area contributed by atoms with Gasteiger partial charge in [0.05, 0.1) is 18.3 Å². The lowest BCUT2D eigenvalue weighted by molar-refractivity contribution is -0.117. The molecule has 3 N–H and O–H groups in total. The molecule has 1 aromatic heterocycles. The van der Waals surface area contributed by atoms with Gasteiger partial charge in [0, 0.05) is 12.2 Å². The van der Waals surface area contributed by atoms with Crippen LogP contribution >= 0.6 is 24.8 Å². The first-order valence-electron chi connectivity index (χ1n) is 7.60. The summed E-state index contributed by atoms with van der Waals surface area (Å²) in [6.07, 6.45) is 3.33. The number of amides is 1. The molecule has 0 bridgehead atoms. The fourth-order valence-corrected chi connectivity index (χ4v) is 2.33. The van der Waals surface area contributed by atoms with Crippen molar-refractivity contribution in [3.8, 4) is 5.75 Å². The maximum Gasteiger partial charge on any atom is 0.233 e. The number of rotatable bonds is 6. The number of nitrogens with two attached hydrogens (primary N) is 1. The van der Waals surface area contributed by atoms with Crippen LogP contribution in [0.15, 0.2) is 73.1 Å². The Morgan fingerprint density at radius 3 is 2.35 bits per heavy atom. The summed E-state index contributed by atoms with van der Waals surface area (Å²) in [5, 5.41) is 6.84. The molecule has 0 spiro atoms. The van der Waals surface area contributed by atoms with Gasteiger partial charge in [0.2, 0.25) is 5.91 Å². The van der Waals surface area contributed by atoms with Crippen LogP contribution in [0, 0.1) is 0 Å². The molecule has 26 heavy (non-hydrogen) atoms. The van der Waals surface area contributed by atoms with E-state index in [2.05, 4.69) is 10.4 Å². The average Bonchev–Trinajstić information content (AvgIpc) is 3.11. The van der Waals surface area contributed by atoms with Crippen molar-refractivity contribution in [1.82, 2.24) is 9.94 Å². The highest BCUT2D eigenvalue weighted by Crippen LogP contribution is 2.20. The lowest BCUT2D eigenvalue weighted by Crippen LogP contribution is -2.27. The SMILES string of the molecule is Cl.Cl.NCC(C(=O)Nc1ccc(On2cccn2)cc1)c1ccccc1. The van der Waals surface area contributed by atoms with Crippen LogP contribution in [0.1, 0.15) is 11.5 Å². The average molecular weight is 395 g/mol. The minimum atomic E-state index is -0.383. The Labute approximate surface area is 164 Å². The van der Waals surface area contributed by atoms with Gasteiger partial charge in [-0.25, -0.2) is 0 Å². The molecule has 0 saturated carbocycles. The second kappa shape index (κ2) is 10.5. The largest absolute Gasteiger partial charge is 0.358 e. The van der Waals surface area contributed by atoms with Crippen LogP contribution in [0.2, 0.25) is 0 Å². The lowest BCUT2D eigenvalue weighted by atomic mass is 9.98. The first-order valence-corrected chi connectivity index (χ1v) is 7.60. The fourth-order valence-electron chi connectivity index (χ4n) is 2.33. The van der Waals surface area contributed by atoms with E-state index in [1.165, 1.54) is 4.85 Å². The van der Waals surface area contributed by atoms with E-state index in [4.69, 9.17) is 10.6 Å². The summed E-state index contributed by atoms with van der Waals surface area (Å²) in [7, 11) is 0. The molecule has 0 aliphatic rings. The molecule has 1 unspecified atom stereocenters. The van der Waals surface area contributed by atoms with Crippen molar-refractivity contribution in [3.63, 3.8) is 0 Å². The zero-order chi connectivity index (χ0) is 16.8. The number of hydrogen-bond acceptors (Lipinski definition) is 4. The third-order valence-corrected chi connectivity index (χ3v) is 3.56. The van der Waals surface area contributed by atoms with Crippen molar-refractivity contribution in [3.05, 3.63) is 78.6 Å². The van der Waals surface area contributed by atoms with Gasteiger partial charge in [0.15, 0.2) is 5.75 Å². The number of hydrogen-bond donors (Lipinski definition) is 2. The Kier molecular flexibility index (Phi) is 8.64. The molecule has 0 saturated heterocycles. The molecule has 0 aliphatic heterocycles.